The molecule has 1 aliphatic carbocycles. The van der Waals surface area contributed by atoms with Crippen molar-refractivity contribution in [2.75, 3.05) is 26.8 Å². The Hall–Kier alpha value is -2.86. The molecule has 0 radical (unpaired) electrons. The Labute approximate surface area is 182 Å². The molecule has 6 nitrogen and oxygen atoms in total. The van der Waals surface area contributed by atoms with Gasteiger partial charge in [0.25, 0.3) is 0 Å². The van der Waals surface area contributed by atoms with Crippen molar-refractivity contribution in [3.8, 4) is 16.9 Å². The Balaban J connectivity index is 1.46. The van der Waals surface area contributed by atoms with Crippen LogP contribution in [0.5, 0.6) is 5.75 Å². The van der Waals surface area contributed by atoms with Gasteiger partial charge in [-0.3, -0.25) is 9.59 Å². The van der Waals surface area contributed by atoms with Gasteiger partial charge in [0, 0.05) is 37.4 Å². The number of aliphatic hydroxyl groups excluding tert-OH is 1. The molecule has 2 aliphatic heterocycles. The number of amides is 2. The van der Waals surface area contributed by atoms with E-state index < -0.39 is 5.54 Å². The molecule has 1 spiro atoms. The van der Waals surface area contributed by atoms with E-state index in [9.17, 15) is 14.7 Å². The number of carbonyl (C=O) groups excluding carboxylic acids is 2. The van der Waals surface area contributed by atoms with E-state index in [0.29, 0.717) is 13.1 Å². The highest BCUT2D eigenvalue weighted by atomic mass is 16.5. The summed E-state index contributed by atoms with van der Waals surface area (Å²) in [6, 6.07) is 16.0. The predicted octanol–water partition coefficient (Wildman–Crippen LogP) is 2.66. The number of nitrogens with zero attached hydrogens (tertiary/aromatic N) is 2. The molecule has 0 aromatic heterocycles. The maximum absolute atomic E-state index is 13.0. The molecule has 0 unspecified atom stereocenters. The summed E-state index contributed by atoms with van der Waals surface area (Å²) in [6.45, 7) is 2.57. The van der Waals surface area contributed by atoms with Crippen molar-refractivity contribution >= 4 is 11.8 Å². The molecule has 2 saturated heterocycles. The number of carbonyl (C=O) groups is 2. The molecule has 2 heterocycles. The molecule has 0 bridgehead atoms. The van der Waals surface area contributed by atoms with Crippen LogP contribution >= 0.6 is 0 Å². The molecule has 31 heavy (non-hydrogen) atoms. The molecule has 1 saturated carbocycles. The van der Waals surface area contributed by atoms with Gasteiger partial charge in [0.2, 0.25) is 11.8 Å². The topological polar surface area (TPSA) is 70.1 Å². The summed E-state index contributed by atoms with van der Waals surface area (Å²) in [7, 11) is 1.67. The van der Waals surface area contributed by atoms with E-state index in [1.807, 2.05) is 29.2 Å². The lowest BCUT2D eigenvalue weighted by Gasteiger charge is -2.70. The van der Waals surface area contributed by atoms with Crippen LogP contribution in [0.1, 0.15) is 31.2 Å². The molecular formula is C25H28N2O4. The van der Waals surface area contributed by atoms with Gasteiger partial charge in [-0.05, 0) is 30.0 Å². The fourth-order valence-electron chi connectivity index (χ4n) is 5.47. The molecule has 3 fully saturated rings. The molecule has 6 heteroatoms. The van der Waals surface area contributed by atoms with Crippen LogP contribution in [0.2, 0.25) is 0 Å². The lowest BCUT2D eigenvalue weighted by Crippen LogP contribution is -2.86. The predicted molar refractivity (Wildman–Crippen MR) is 117 cm³/mol. The highest BCUT2D eigenvalue weighted by Crippen LogP contribution is 2.55. The molecule has 2 aromatic rings. The van der Waals surface area contributed by atoms with Gasteiger partial charge in [0.1, 0.15) is 5.75 Å². The number of likely N-dealkylation sites (tertiary alicyclic amines) is 2. The van der Waals surface area contributed by atoms with Gasteiger partial charge in [-0.15, -0.1) is 0 Å². The molecule has 1 N–H and O–H groups in total. The number of methoxy groups -OCH3 is 1. The molecule has 5 rings (SSSR count). The first-order valence-corrected chi connectivity index (χ1v) is 10.9. The van der Waals surface area contributed by atoms with Gasteiger partial charge in [0.05, 0.1) is 25.3 Å². The van der Waals surface area contributed by atoms with Crippen molar-refractivity contribution in [3.63, 3.8) is 0 Å². The minimum Gasteiger partial charge on any atom is -0.496 e. The number of benzene rings is 2. The van der Waals surface area contributed by atoms with Crippen LogP contribution in [0.25, 0.3) is 11.1 Å². The molecule has 3 aliphatic rings. The van der Waals surface area contributed by atoms with Gasteiger partial charge in [-0.1, -0.05) is 42.5 Å². The van der Waals surface area contributed by atoms with E-state index in [0.717, 1.165) is 35.3 Å². The van der Waals surface area contributed by atoms with Crippen LogP contribution in [0, 0.1) is 5.92 Å². The summed E-state index contributed by atoms with van der Waals surface area (Å²) >= 11 is 0. The van der Waals surface area contributed by atoms with Crippen molar-refractivity contribution in [2.24, 2.45) is 5.92 Å². The van der Waals surface area contributed by atoms with E-state index >= 15 is 0 Å². The lowest BCUT2D eigenvalue weighted by atomic mass is 9.60. The zero-order valence-corrected chi connectivity index (χ0v) is 18.0. The summed E-state index contributed by atoms with van der Waals surface area (Å²) in [5.74, 6) is 1.10. The SMILES string of the molecule is COc1ccccc1-c1ccc([C@H]2[C@H](CO)N(C(=O)C3CC3)C23CN(C(C)=O)C3)cc1. The first-order chi connectivity index (χ1) is 15.0. The minimum atomic E-state index is -0.398. The Kier molecular flexibility index (Phi) is 4.77. The third-order valence-corrected chi connectivity index (χ3v) is 7.19. The molecular weight excluding hydrogens is 392 g/mol. The second-order valence-electron chi connectivity index (χ2n) is 9.01. The summed E-state index contributed by atoms with van der Waals surface area (Å²) in [5, 5.41) is 10.2. The average Bonchev–Trinajstić information content (AvgIpc) is 3.58. The maximum Gasteiger partial charge on any atom is 0.226 e. The fourth-order valence-corrected chi connectivity index (χ4v) is 5.47. The third kappa shape index (κ3) is 3.04. The van der Waals surface area contributed by atoms with Gasteiger partial charge < -0.3 is 19.6 Å². The van der Waals surface area contributed by atoms with E-state index in [1.165, 1.54) is 0 Å². The standard InChI is InChI=1S/C25H28N2O4/c1-16(29)26-14-25(15-26)23(21(13-28)27(25)24(30)19-11-12-19)18-9-7-17(8-10-18)20-5-3-4-6-22(20)31-2/h3-10,19,21,23,28H,11-15H2,1-2H3/t21-,23-/m0/s1. The highest BCUT2D eigenvalue weighted by molar-refractivity contribution is 5.85. The van der Waals surface area contributed by atoms with Gasteiger partial charge in [0.15, 0.2) is 0 Å². The summed E-state index contributed by atoms with van der Waals surface area (Å²) in [4.78, 5) is 28.6. The molecule has 2 amide bonds. The van der Waals surface area contributed by atoms with Crippen molar-refractivity contribution in [2.45, 2.75) is 37.3 Å². The van der Waals surface area contributed by atoms with Crippen LogP contribution in [-0.2, 0) is 9.59 Å². The normalized spacial score (nSPS) is 23.8. The van der Waals surface area contributed by atoms with Crippen LogP contribution in [-0.4, -0.2) is 65.1 Å². The maximum atomic E-state index is 13.0. The number of aliphatic hydroxyl groups is 1. The van der Waals surface area contributed by atoms with Crippen LogP contribution in [0.4, 0.5) is 0 Å². The Bertz CT molecular complexity index is 1010. The zero-order valence-electron chi connectivity index (χ0n) is 18.0. The van der Waals surface area contributed by atoms with Crippen molar-refractivity contribution in [1.82, 2.24) is 9.80 Å². The van der Waals surface area contributed by atoms with E-state index in [4.69, 9.17) is 4.74 Å². The zero-order chi connectivity index (χ0) is 21.8. The van der Waals surface area contributed by atoms with E-state index in [1.54, 1.807) is 18.9 Å². The van der Waals surface area contributed by atoms with Crippen molar-refractivity contribution in [1.29, 1.82) is 0 Å². The Morgan fingerprint density at radius 3 is 2.35 bits per heavy atom. The third-order valence-electron chi connectivity index (χ3n) is 7.19. The van der Waals surface area contributed by atoms with Crippen LogP contribution < -0.4 is 4.74 Å². The number of ether oxygens (including phenoxy) is 1. The quantitative estimate of drug-likeness (QED) is 0.808. The summed E-state index contributed by atoms with van der Waals surface area (Å²) < 4.78 is 5.49. The largest absolute Gasteiger partial charge is 0.496 e. The number of para-hydroxylation sites is 1. The van der Waals surface area contributed by atoms with Crippen molar-refractivity contribution in [3.05, 3.63) is 54.1 Å². The Morgan fingerprint density at radius 2 is 1.77 bits per heavy atom. The lowest BCUT2D eigenvalue weighted by molar-refractivity contribution is -0.203. The van der Waals surface area contributed by atoms with Gasteiger partial charge >= 0.3 is 0 Å². The van der Waals surface area contributed by atoms with Crippen LogP contribution in [0.3, 0.4) is 0 Å². The highest BCUT2D eigenvalue weighted by Gasteiger charge is 2.68. The first-order valence-electron chi connectivity index (χ1n) is 10.9. The molecule has 2 aromatic carbocycles. The van der Waals surface area contributed by atoms with E-state index in [-0.39, 0.29) is 36.3 Å². The molecule has 162 valence electrons. The Morgan fingerprint density at radius 1 is 1.10 bits per heavy atom. The number of rotatable bonds is 5. The van der Waals surface area contributed by atoms with E-state index in [2.05, 4.69) is 24.3 Å². The van der Waals surface area contributed by atoms with Gasteiger partial charge in [-0.2, -0.15) is 0 Å². The minimum absolute atomic E-state index is 0.0162. The van der Waals surface area contributed by atoms with Crippen molar-refractivity contribution < 1.29 is 19.4 Å². The summed E-state index contributed by atoms with van der Waals surface area (Å²) in [6.07, 6.45) is 1.86. The number of hydrogen-bond donors (Lipinski definition) is 1. The smallest absolute Gasteiger partial charge is 0.226 e. The molecule has 2 atom stereocenters. The number of hydrogen-bond acceptors (Lipinski definition) is 4. The fraction of sp³-hybridized carbons (Fsp3) is 0.440. The monoisotopic (exact) mass is 420 g/mol. The average molecular weight is 421 g/mol. The van der Waals surface area contributed by atoms with Gasteiger partial charge in [-0.25, -0.2) is 0 Å². The summed E-state index contributed by atoms with van der Waals surface area (Å²) in [5.41, 5.74) is 2.78. The second-order valence-corrected chi connectivity index (χ2v) is 9.01. The van der Waals surface area contributed by atoms with Crippen LogP contribution in [0.15, 0.2) is 48.5 Å². The first kappa shape index (κ1) is 20.1. The second kappa shape index (κ2) is 7.38.